The maximum Gasteiger partial charge on any atom is 0.252 e. The second kappa shape index (κ2) is 12.7. The quantitative estimate of drug-likeness (QED) is 0.411. The molecule has 2 atom stereocenters. The van der Waals surface area contributed by atoms with Gasteiger partial charge < -0.3 is 24.6 Å². The number of aliphatic hydroxyl groups is 1. The number of amides is 1. The van der Waals surface area contributed by atoms with Gasteiger partial charge in [-0.3, -0.25) is 9.69 Å². The van der Waals surface area contributed by atoms with Crippen molar-refractivity contribution in [3.05, 3.63) is 64.1 Å². The van der Waals surface area contributed by atoms with Gasteiger partial charge in [0.2, 0.25) is 5.90 Å². The lowest BCUT2D eigenvalue weighted by atomic mass is 9.86. The van der Waals surface area contributed by atoms with Crippen molar-refractivity contribution < 1.29 is 24.1 Å². The number of rotatable bonds is 11. The zero-order chi connectivity index (χ0) is 25.4. The van der Waals surface area contributed by atoms with Gasteiger partial charge in [0.25, 0.3) is 5.91 Å². The van der Waals surface area contributed by atoms with E-state index in [4.69, 9.17) is 24.3 Å². The highest BCUT2D eigenvalue weighted by Gasteiger charge is 2.50. The molecular formula is C27H34BrN3O5. The van der Waals surface area contributed by atoms with Crippen LogP contribution in [-0.4, -0.2) is 86.1 Å². The summed E-state index contributed by atoms with van der Waals surface area (Å²) in [5.74, 6) is 1.02. The molecule has 1 amide bonds. The van der Waals surface area contributed by atoms with Crippen molar-refractivity contribution in [2.45, 2.75) is 31.4 Å². The van der Waals surface area contributed by atoms with Crippen LogP contribution in [0.2, 0.25) is 0 Å². The topological polar surface area (TPSA) is 92.6 Å². The third kappa shape index (κ3) is 6.64. The number of aliphatic hydroxyl groups excluding tert-OH is 1. The van der Waals surface area contributed by atoms with Gasteiger partial charge in [0.1, 0.15) is 11.9 Å². The molecular weight excluding hydrogens is 526 g/mol. The van der Waals surface area contributed by atoms with Crippen LogP contribution in [0.1, 0.15) is 24.5 Å². The Morgan fingerprint density at radius 1 is 1.19 bits per heavy atom. The molecule has 1 saturated heterocycles. The molecule has 2 heterocycles. The summed E-state index contributed by atoms with van der Waals surface area (Å²) in [6, 6.07) is 15.4. The van der Waals surface area contributed by atoms with Gasteiger partial charge in [-0.05, 0) is 48.9 Å². The van der Waals surface area contributed by atoms with Gasteiger partial charge in [-0.1, -0.05) is 28.1 Å². The van der Waals surface area contributed by atoms with E-state index in [1.54, 1.807) is 0 Å². The number of nitrogens with zero attached hydrogens (tertiary/aromatic N) is 2. The van der Waals surface area contributed by atoms with Crippen LogP contribution in [0.3, 0.4) is 0 Å². The Kier molecular flexibility index (Phi) is 9.36. The summed E-state index contributed by atoms with van der Waals surface area (Å²) in [6.07, 6.45) is 0.561. The highest BCUT2D eigenvalue weighted by molar-refractivity contribution is 9.10. The van der Waals surface area contributed by atoms with Crippen LogP contribution < -0.4 is 10.1 Å². The van der Waals surface area contributed by atoms with Crippen LogP contribution in [-0.2, 0) is 20.7 Å². The number of hydrogen-bond acceptors (Lipinski definition) is 7. The maximum atomic E-state index is 13.7. The Balaban J connectivity index is 1.52. The maximum absolute atomic E-state index is 13.7. The minimum Gasteiger partial charge on any atom is -0.494 e. The first-order chi connectivity index (χ1) is 17.5. The van der Waals surface area contributed by atoms with E-state index in [9.17, 15) is 4.79 Å². The normalized spacial score (nSPS) is 22.1. The predicted molar refractivity (Wildman–Crippen MR) is 142 cm³/mol. The van der Waals surface area contributed by atoms with Crippen molar-refractivity contribution in [1.82, 2.24) is 10.2 Å². The van der Waals surface area contributed by atoms with E-state index >= 15 is 0 Å². The van der Waals surface area contributed by atoms with Gasteiger partial charge in [-0.25, -0.2) is 4.99 Å². The van der Waals surface area contributed by atoms with Crippen molar-refractivity contribution >= 4 is 27.7 Å². The zero-order valence-corrected chi connectivity index (χ0v) is 22.2. The van der Waals surface area contributed by atoms with Crippen LogP contribution in [0.4, 0.5) is 0 Å². The summed E-state index contributed by atoms with van der Waals surface area (Å²) in [5.41, 5.74) is 0.717. The summed E-state index contributed by atoms with van der Waals surface area (Å²) in [5, 5.41) is 12.1. The second-order valence-corrected chi connectivity index (χ2v) is 9.98. The van der Waals surface area contributed by atoms with Crippen molar-refractivity contribution in [3.63, 3.8) is 0 Å². The van der Waals surface area contributed by atoms with Gasteiger partial charge >= 0.3 is 0 Å². The van der Waals surface area contributed by atoms with E-state index in [2.05, 4.69) is 26.1 Å². The minimum atomic E-state index is -1.08. The highest BCUT2D eigenvalue weighted by atomic mass is 79.9. The summed E-state index contributed by atoms with van der Waals surface area (Å²) < 4.78 is 18.2. The van der Waals surface area contributed by atoms with Crippen molar-refractivity contribution in [2.24, 2.45) is 4.99 Å². The van der Waals surface area contributed by atoms with E-state index in [-0.39, 0.29) is 12.5 Å². The fourth-order valence-corrected chi connectivity index (χ4v) is 4.63. The van der Waals surface area contributed by atoms with E-state index in [0.717, 1.165) is 48.4 Å². The van der Waals surface area contributed by atoms with Crippen LogP contribution in [0.5, 0.6) is 5.75 Å². The first-order valence-electron chi connectivity index (χ1n) is 12.4. The molecule has 2 N–H and O–H groups in total. The highest BCUT2D eigenvalue weighted by Crippen LogP contribution is 2.33. The molecule has 1 fully saturated rings. The largest absolute Gasteiger partial charge is 0.494 e. The molecule has 0 aliphatic carbocycles. The molecule has 0 aromatic heterocycles. The summed E-state index contributed by atoms with van der Waals surface area (Å²) in [4.78, 5) is 20.9. The molecule has 0 bridgehead atoms. The van der Waals surface area contributed by atoms with Gasteiger partial charge in [0.05, 0.1) is 19.8 Å². The molecule has 2 aliphatic heterocycles. The van der Waals surface area contributed by atoms with E-state index in [0.29, 0.717) is 37.6 Å². The number of nitrogens with one attached hydrogen (secondary N) is 1. The number of benzene rings is 2. The number of hydrogen-bond donors (Lipinski definition) is 2. The predicted octanol–water partition coefficient (Wildman–Crippen LogP) is 2.81. The Labute approximate surface area is 220 Å². The summed E-state index contributed by atoms with van der Waals surface area (Å²) in [6.45, 7) is 6.97. The Bertz CT molecular complexity index is 1020. The lowest BCUT2D eigenvalue weighted by Crippen LogP contribution is -2.54. The zero-order valence-electron chi connectivity index (χ0n) is 20.6. The molecule has 0 radical (unpaired) electrons. The number of carbonyl (C=O) groups excluding carboxylic acids is 1. The number of aliphatic imine (C=N–C) groups is 1. The van der Waals surface area contributed by atoms with Gasteiger partial charge in [0.15, 0.2) is 5.54 Å². The molecule has 4 rings (SSSR count). The minimum absolute atomic E-state index is 0.0928. The average Bonchev–Trinajstić information content (AvgIpc) is 3.23. The molecule has 194 valence electrons. The molecule has 36 heavy (non-hydrogen) atoms. The van der Waals surface area contributed by atoms with Gasteiger partial charge in [0, 0.05) is 55.7 Å². The van der Waals surface area contributed by atoms with E-state index in [1.165, 1.54) is 0 Å². The van der Waals surface area contributed by atoms with Crippen molar-refractivity contribution in [2.75, 3.05) is 52.6 Å². The standard InChI is InChI=1S/C27H34BrN3O5/c1-20-27(19-21-3-7-23(28)8-4-21,26(33)29-11-12-31-13-17-34-18-14-31)30-25(36-20)22-5-9-24(10-6-22)35-16-2-15-32/h3-10,20,32H,2,11-19H2,1H3,(H,29,33)/t20-,27-/m1/s1. The number of halogens is 1. The first-order valence-corrected chi connectivity index (χ1v) is 13.2. The van der Waals surface area contributed by atoms with E-state index in [1.807, 2.05) is 55.5 Å². The first kappa shape index (κ1) is 26.6. The molecule has 2 aromatic carbocycles. The van der Waals surface area contributed by atoms with Crippen molar-refractivity contribution in [1.29, 1.82) is 0 Å². The molecule has 2 aromatic rings. The number of morpholine rings is 1. The SMILES string of the molecule is C[C@H]1OC(c2ccc(OCCCO)cc2)=N[C@@]1(Cc1ccc(Br)cc1)C(=O)NCCN1CCOCC1. The van der Waals surface area contributed by atoms with Crippen LogP contribution in [0.15, 0.2) is 58.0 Å². The molecule has 2 aliphatic rings. The smallest absolute Gasteiger partial charge is 0.252 e. The summed E-state index contributed by atoms with van der Waals surface area (Å²) in [7, 11) is 0. The molecule has 0 saturated carbocycles. The molecule has 9 heteroatoms. The lowest BCUT2D eigenvalue weighted by Gasteiger charge is -2.30. The fraction of sp³-hybridized carbons (Fsp3) is 0.481. The third-order valence-electron chi connectivity index (χ3n) is 6.53. The molecule has 0 unspecified atom stereocenters. The molecule has 8 nitrogen and oxygen atoms in total. The van der Waals surface area contributed by atoms with Crippen molar-refractivity contribution in [3.8, 4) is 5.75 Å². The van der Waals surface area contributed by atoms with Crippen LogP contribution in [0, 0.1) is 0 Å². The lowest BCUT2D eigenvalue weighted by molar-refractivity contribution is -0.128. The Hall–Kier alpha value is -2.46. The number of carbonyl (C=O) groups is 1. The Morgan fingerprint density at radius 3 is 2.61 bits per heavy atom. The van der Waals surface area contributed by atoms with Crippen LogP contribution >= 0.6 is 15.9 Å². The summed E-state index contributed by atoms with van der Waals surface area (Å²) >= 11 is 3.48. The van der Waals surface area contributed by atoms with E-state index < -0.39 is 11.6 Å². The average molecular weight is 560 g/mol. The third-order valence-corrected chi connectivity index (χ3v) is 7.06. The second-order valence-electron chi connectivity index (χ2n) is 9.06. The monoisotopic (exact) mass is 559 g/mol. The Morgan fingerprint density at radius 2 is 1.92 bits per heavy atom. The number of ether oxygens (including phenoxy) is 3. The van der Waals surface area contributed by atoms with Gasteiger partial charge in [-0.2, -0.15) is 0 Å². The fourth-order valence-electron chi connectivity index (χ4n) is 4.36. The van der Waals surface area contributed by atoms with Gasteiger partial charge in [-0.15, -0.1) is 0 Å². The van der Waals surface area contributed by atoms with Crippen LogP contribution in [0.25, 0.3) is 0 Å². The molecule has 0 spiro atoms.